The lowest BCUT2D eigenvalue weighted by molar-refractivity contribution is -0.127. The summed E-state index contributed by atoms with van der Waals surface area (Å²) in [5.74, 6) is 1.97. The molecule has 0 bridgehead atoms. The Morgan fingerprint density at radius 2 is 1.81 bits per heavy atom. The zero-order valence-electron chi connectivity index (χ0n) is 17.1. The molecule has 0 spiro atoms. The number of para-hydroxylation sites is 1. The van der Waals surface area contributed by atoms with Gasteiger partial charge in [-0.2, -0.15) is 5.10 Å². The summed E-state index contributed by atoms with van der Waals surface area (Å²) in [5, 5.41) is 5.59. The molecule has 0 radical (unpaired) electrons. The van der Waals surface area contributed by atoms with Gasteiger partial charge in [-0.1, -0.05) is 18.2 Å². The molecule has 1 atom stereocenters. The standard InChI is InChI=1S/C23H22N6O2/c1-15(30)28-12-11-17(13-28)29-23-20(22(24)25-14-26-23)21(27-29)16-7-9-19(10-8-16)31-18-5-3-2-4-6-18/h2-10,14,17H,11-13H2,1H3,(H2,24,25,26). The van der Waals surface area contributed by atoms with Crippen LogP contribution in [0.25, 0.3) is 22.3 Å². The molecule has 2 aromatic heterocycles. The van der Waals surface area contributed by atoms with E-state index in [-0.39, 0.29) is 11.9 Å². The van der Waals surface area contributed by atoms with E-state index in [1.54, 1.807) is 6.92 Å². The van der Waals surface area contributed by atoms with Crippen molar-refractivity contribution in [2.24, 2.45) is 0 Å². The summed E-state index contributed by atoms with van der Waals surface area (Å²) in [6, 6.07) is 17.4. The lowest BCUT2D eigenvalue weighted by Crippen LogP contribution is -2.26. The van der Waals surface area contributed by atoms with Gasteiger partial charge in [0.1, 0.15) is 29.3 Å². The Morgan fingerprint density at radius 1 is 1.06 bits per heavy atom. The number of carbonyl (C=O) groups is 1. The number of carbonyl (C=O) groups excluding carboxylic acids is 1. The van der Waals surface area contributed by atoms with Gasteiger partial charge in [0.05, 0.1) is 11.4 Å². The van der Waals surface area contributed by atoms with E-state index in [1.165, 1.54) is 6.33 Å². The van der Waals surface area contributed by atoms with Crippen molar-refractivity contribution in [3.63, 3.8) is 0 Å². The van der Waals surface area contributed by atoms with E-state index < -0.39 is 0 Å². The molecular formula is C23H22N6O2. The molecule has 2 N–H and O–H groups in total. The Morgan fingerprint density at radius 3 is 2.52 bits per heavy atom. The summed E-state index contributed by atoms with van der Waals surface area (Å²) in [6.07, 6.45) is 2.28. The van der Waals surface area contributed by atoms with Gasteiger partial charge in [-0.15, -0.1) is 0 Å². The first-order valence-corrected chi connectivity index (χ1v) is 10.2. The Balaban J connectivity index is 1.51. The summed E-state index contributed by atoms with van der Waals surface area (Å²) in [7, 11) is 0. The molecule has 1 unspecified atom stereocenters. The Bertz CT molecular complexity index is 1240. The molecule has 0 saturated carbocycles. The van der Waals surface area contributed by atoms with Crippen LogP contribution in [0.2, 0.25) is 0 Å². The maximum Gasteiger partial charge on any atom is 0.219 e. The van der Waals surface area contributed by atoms with Crippen LogP contribution in [-0.4, -0.2) is 43.6 Å². The number of benzene rings is 2. The number of fused-ring (bicyclic) bond motifs is 1. The first-order valence-electron chi connectivity index (χ1n) is 10.2. The zero-order valence-corrected chi connectivity index (χ0v) is 17.1. The van der Waals surface area contributed by atoms with Crippen LogP contribution in [-0.2, 0) is 4.79 Å². The number of aromatic nitrogens is 4. The Hall–Kier alpha value is -3.94. The first kappa shape index (κ1) is 19.0. The van der Waals surface area contributed by atoms with Crippen LogP contribution in [0.3, 0.4) is 0 Å². The summed E-state index contributed by atoms with van der Waals surface area (Å²) < 4.78 is 7.78. The third-order valence-corrected chi connectivity index (χ3v) is 5.58. The molecule has 1 aliphatic rings. The highest BCUT2D eigenvalue weighted by atomic mass is 16.5. The van der Waals surface area contributed by atoms with E-state index in [9.17, 15) is 4.79 Å². The summed E-state index contributed by atoms with van der Waals surface area (Å²) >= 11 is 0. The number of hydrogen-bond acceptors (Lipinski definition) is 6. The van der Waals surface area contributed by atoms with Crippen LogP contribution in [0.5, 0.6) is 11.5 Å². The first-order chi connectivity index (χ1) is 15.1. The Labute approximate surface area is 179 Å². The molecule has 2 aromatic carbocycles. The van der Waals surface area contributed by atoms with Gasteiger partial charge in [-0.25, -0.2) is 14.6 Å². The minimum absolute atomic E-state index is 0.0511. The van der Waals surface area contributed by atoms with Crippen LogP contribution in [0.4, 0.5) is 5.82 Å². The second-order valence-corrected chi connectivity index (χ2v) is 7.60. The molecule has 8 nitrogen and oxygen atoms in total. The van der Waals surface area contributed by atoms with E-state index >= 15 is 0 Å². The molecule has 1 saturated heterocycles. The van der Waals surface area contributed by atoms with Crippen molar-refractivity contribution in [3.8, 4) is 22.8 Å². The van der Waals surface area contributed by atoms with Crippen molar-refractivity contribution in [1.29, 1.82) is 0 Å². The second-order valence-electron chi connectivity index (χ2n) is 7.60. The Kier molecular flexibility index (Phi) is 4.74. The van der Waals surface area contributed by atoms with Crippen LogP contribution >= 0.6 is 0 Å². The van der Waals surface area contributed by atoms with Gasteiger partial charge in [-0.05, 0) is 42.8 Å². The number of anilines is 1. The average Bonchev–Trinajstić information content (AvgIpc) is 3.41. The number of ether oxygens (including phenoxy) is 1. The number of hydrogen-bond donors (Lipinski definition) is 1. The smallest absolute Gasteiger partial charge is 0.219 e. The number of amides is 1. The molecule has 1 aliphatic heterocycles. The minimum Gasteiger partial charge on any atom is -0.457 e. The molecule has 31 heavy (non-hydrogen) atoms. The van der Waals surface area contributed by atoms with Crippen molar-refractivity contribution in [2.45, 2.75) is 19.4 Å². The van der Waals surface area contributed by atoms with Crippen LogP contribution in [0, 0.1) is 0 Å². The molecule has 0 aliphatic carbocycles. The summed E-state index contributed by atoms with van der Waals surface area (Å²) in [5.41, 5.74) is 8.52. The zero-order chi connectivity index (χ0) is 21.4. The van der Waals surface area contributed by atoms with E-state index in [4.69, 9.17) is 15.6 Å². The van der Waals surface area contributed by atoms with E-state index in [1.807, 2.05) is 64.2 Å². The molecule has 8 heteroatoms. The average molecular weight is 414 g/mol. The molecule has 5 rings (SSSR count). The monoisotopic (exact) mass is 414 g/mol. The summed E-state index contributed by atoms with van der Waals surface area (Å²) in [4.78, 5) is 22.2. The summed E-state index contributed by atoms with van der Waals surface area (Å²) in [6.45, 7) is 2.91. The molecule has 1 fully saturated rings. The molecule has 1 amide bonds. The lowest BCUT2D eigenvalue weighted by atomic mass is 10.1. The van der Waals surface area contributed by atoms with Gasteiger partial charge in [0, 0.05) is 25.6 Å². The lowest BCUT2D eigenvalue weighted by Gasteiger charge is -2.14. The molecule has 3 heterocycles. The van der Waals surface area contributed by atoms with Crippen molar-refractivity contribution in [3.05, 3.63) is 60.9 Å². The predicted molar refractivity (Wildman–Crippen MR) is 118 cm³/mol. The highest BCUT2D eigenvalue weighted by Crippen LogP contribution is 2.34. The fraction of sp³-hybridized carbons (Fsp3) is 0.217. The molecule has 4 aromatic rings. The number of nitrogens with two attached hydrogens (primary N) is 1. The van der Waals surface area contributed by atoms with Gasteiger partial charge in [0.2, 0.25) is 5.91 Å². The van der Waals surface area contributed by atoms with Gasteiger partial charge >= 0.3 is 0 Å². The molecule has 156 valence electrons. The number of likely N-dealkylation sites (tertiary alicyclic amines) is 1. The van der Waals surface area contributed by atoms with Crippen LogP contribution < -0.4 is 10.5 Å². The van der Waals surface area contributed by atoms with E-state index in [0.29, 0.717) is 24.6 Å². The van der Waals surface area contributed by atoms with E-state index in [2.05, 4.69) is 9.97 Å². The van der Waals surface area contributed by atoms with Crippen LogP contribution in [0.1, 0.15) is 19.4 Å². The highest BCUT2D eigenvalue weighted by Gasteiger charge is 2.29. The van der Waals surface area contributed by atoms with Crippen molar-refractivity contribution >= 4 is 22.8 Å². The number of nitrogen functional groups attached to an aromatic ring is 1. The number of nitrogens with zero attached hydrogens (tertiary/aromatic N) is 5. The third-order valence-electron chi connectivity index (χ3n) is 5.58. The molecular weight excluding hydrogens is 392 g/mol. The van der Waals surface area contributed by atoms with Crippen molar-refractivity contribution < 1.29 is 9.53 Å². The van der Waals surface area contributed by atoms with Gasteiger partial charge in [0.25, 0.3) is 0 Å². The maximum atomic E-state index is 11.8. The van der Waals surface area contributed by atoms with Gasteiger partial charge in [0.15, 0.2) is 5.65 Å². The number of rotatable bonds is 4. The fourth-order valence-corrected chi connectivity index (χ4v) is 3.98. The maximum absolute atomic E-state index is 11.8. The normalized spacial score (nSPS) is 16.0. The van der Waals surface area contributed by atoms with Gasteiger partial charge in [-0.3, -0.25) is 4.79 Å². The quantitative estimate of drug-likeness (QED) is 0.547. The second kappa shape index (κ2) is 7.71. The third kappa shape index (κ3) is 3.56. The van der Waals surface area contributed by atoms with Crippen molar-refractivity contribution in [2.75, 3.05) is 18.8 Å². The minimum atomic E-state index is 0.0511. The fourth-order valence-electron chi connectivity index (χ4n) is 3.98. The van der Waals surface area contributed by atoms with E-state index in [0.717, 1.165) is 34.6 Å². The highest BCUT2D eigenvalue weighted by molar-refractivity contribution is 5.98. The topological polar surface area (TPSA) is 99.2 Å². The van der Waals surface area contributed by atoms with Crippen molar-refractivity contribution in [1.82, 2.24) is 24.6 Å². The SMILES string of the molecule is CC(=O)N1CCC(n2nc(-c3ccc(Oc4ccccc4)cc3)c3c(N)ncnc32)C1. The predicted octanol–water partition coefficient (Wildman–Crippen LogP) is 3.66. The van der Waals surface area contributed by atoms with Crippen LogP contribution in [0.15, 0.2) is 60.9 Å². The van der Waals surface area contributed by atoms with Gasteiger partial charge < -0.3 is 15.4 Å². The largest absolute Gasteiger partial charge is 0.457 e.